The number of benzene rings is 3. The lowest BCUT2D eigenvalue weighted by atomic mass is 10.1. The summed E-state index contributed by atoms with van der Waals surface area (Å²) in [5.74, 6) is -0.396. The van der Waals surface area contributed by atoms with Crippen LogP contribution in [0.25, 0.3) is 17.0 Å². The number of nitriles is 1. The molecule has 1 saturated heterocycles. The molecular formula is C26H18N4O2. The number of aromatic nitrogens is 1. The molecule has 1 aliphatic heterocycles. The lowest BCUT2D eigenvalue weighted by molar-refractivity contribution is -0.113. The number of hydrogen-bond acceptors (Lipinski definition) is 3. The smallest absolute Gasteiger partial charge is 0.333 e. The number of amides is 3. The van der Waals surface area contributed by atoms with Crippen LogP contribution in [0.2, 0.25) is 0 Å². The molecule has 6 heteroatoms. The standard InChI is InChI=1S/C26H18N4O2/c27-15-18-8-4-5-9-19(18)16-29-17-20(22-12-6-7-13-24(22)29)14-23-25(31)30(26(32)28-23)21-10-2-1-3-11-21/h1-14,17H,16H2,(H,28,32)/b23-14+. The quantitative estimate of drug-likeness (QED) is 0.387. The van der Waals surface area contributed by atoms with Crippen LogP contribution >= 0.6 is 0 Å². The number of carbonyl (C=O) groups excluding carboxylic acids is 2. The van der Waals surface area contributed by atoms with Gasteiger partial charge in [0.15, 0.2) is 0 Å². The Labute approximate surface area is 184 Å². The Morgan fingerprint density at radius 2 is 1.62 bits per heavy atom. The van der Waals surface area contributed by atoms with E-state index in [1.165, 1.54) is 0 Å². The second kappa shape index (κ2) is 7.89. The molecule has 1 aromatic heterocycles. The van der Waals surface area contributed by atoms with E-state index in [9.17, 15) is 14.9 Å². The number of urea groups is 1. The fourth-order valence-electron chi connectivity index (χ4n) is 3.97. The molecule has 2 heterocycles. The van der Waals surface area contributed by atoms with Gasteiger partial charge in [-0.15, -0.1) is 0 Å². The molecule has 5 rings (SSSR count). The third kappa shape index (κ3) is 3.32. The molecule has 0 radical (unpaired) electrons. The largest absolute Gasteiger partial charge is 0.342 e. The zero-order valence-electron chi connectivity index (χ0n) is 17.0. The summed E-state index contributed by atoms with van der Waals surface area (Å²) in [6, 6.07) is 26.0. The van der Waals surface area contributed by atoms with Gasteiger partial charge in [-0.05, 0) is 35.9 Å². The number of carbonyl (C=O) groups is 2. The number of fused-ring (bicyclic) bond motifs is 1. The van der Waals surface area contributed by atoms with E-state index in [4.69, 9.17) is 0 Å². The van der Waals surface area contributed by atoms with Gasteiger partial charge in [-0.1, -0.05) is 54.6 Å². The highest BCUT2D eigenvalue weighted by molar-refractivity contribution is 6.28. The molecule has 154 valence electrons. The average Bonchev–Trinajstić information content (AvgIpc) is 3.31. The molecule has 0 unspecified atom stereocenters. The molecule has 1 N–H and O–H groups in total. The first kappa shape index (κ1) is 19.3. The highest BCUT2D eigenvalue weighted by atomic mass is 16.2. The third-order valence-electron chi connectivity index (χ3n) is 5.49. The van der Waals surface area contributed by atoms with E-state index < -0.39 is 11.9 Å². The Morgan fingerprint density at radius 3 is 2.44 bits per heavy atom. The van der Waals surface area contributed by atoms with E-state index in [1.807, 2.05) is 59.3 Å². The summed E-state index contributed by atoms with van der Waals surface area (Å²) >= 11 is 0. The van der Waals surface area contributed by atoms with Gasteiger partial charge in [-0.3, -0.25) is 4.79 Å². The number of rotatable bonds is 4. The second-order valence-electron chi connectivity index (χ2n) is 7.46. The number of para-hydroxylation sites is 2. The van der Waals surface area contributed by atoms with Crippen molar-refractivity contribution in [2.45, 2.75) is 6.54 Å². The monoisotopic (exact) mass is 418 g/mol. The molecule has 0 atom stereocenters. The van der Waals surface area contributed by atoms with Crippen molar-refractivity contribution in [2.75, 3.05) is 4.90 Å². The average molecular weight is 418 g/mol. The summed E-state index contributed by atoms with van der Waals surface area (Å²) in [5, 5.41) is 13.1. The van der Waals surface area contributed by atoms with Gasteiger partial charge in [-0.25, -0.2) is 9.69 Å². The van der Waals surface area contributed by atoms with Crippen LogP contribution in [0.5, 0.6) is 0 Å². The molecular weight excluding hydrogens is 400 g/mol. The minimum absolute atomic E-state index is 0.221. The maximum atomic E-state index is 13.0. The topological polar surface area (TPSA) is 78.1 Å². The van der Waals surface area contributed by atoms with Gasteiger partial charge in [0.2, 0.25) is 0 Å². The van der Waals surface area contributed by atoms with Crippen molar-refractivity contribution in [3.05, 3.63) is 107 Å². The maximum Gasteiger partial charge on any atom is 0.333 e. The van der Waals surface area contributed by atoms with Crippen molar-refractivity contribution in [3.8, 4) is 6.07 Å². The Hall–Kier alpha value is -4.63. The number of hydrogen-bond donors (Lipinski definition) is 1. The summed E-state index contributed by atoms with van der Waals surface area (Å²) in [4.78, 5) is 26.6. The highest BCUT2D eigenvalue weighted by Gasteiger charge is 2.34. The fraction of sp³-hybridized carbons (Fsp3) is 0.0385. The van der Waals surface area contributed by atoms with E-state index in [0.29, 0.717) is 17.8 Å². The van der Waals surface area contributed by atoms with E-state index in [0.717, 1.165) is 26.9 Å². The Kier molecular flexibility index (Phi) is 4.77. The molecule has 1 fully saturated rings. The van der Waals surface area contributed by atoms with Crippen molar-refractivity contribution in [1.82, 2.24) is 9.88 Å². The summed E-state index contributed by atoms with van der Waals surface area (Å²) < 4.78 is 2.05. The van der Waals surface area contributed by atoms with Gasteiger partial charge in [0.1, 0.15) is 5.70 Å². The number of nitrogens with one attached hydrogen (secondary N) is 1. The molecule has 32 heavy (non-hydrogen) atoms. The van der Waals surface area contributed by atoms with E-state index >= 15 is 0 Å². The SMILES string of the molecule is N#Cc1ccccc1Cn1cc(/C=C2/NC(=O)N(c3ccccc3)C2=O)c2ccccc21. The summed E-state index contributed by atoms with van der Waals surface area (Å²) in [7, 11) is 0. The minimum atomic E-state index is -0.473. The van der Waals surface area contributed by atoms with Crippen LogP contribution in [0.15, 0.2) is 90.8 Å². The van der Waals surface area contributed by atoms with Crippen molar-refractivity contribution in [3.63, 3.8) is 0 Å². The van der Waals surface area contributed by atoms with E-state index in [2.05, 4.69) is 11.4 Å². The first-order valence-corrected chi connectivity index (χ1v) is 10.1. The van der Waals surface area contributed by atoms with Crippen LogP contribution < -0.4 is 10.2 Å². The van der Waals surface area contributed by atoms with Gasteiger partial charge in [0.25, 0.3) is 5.91 Å². The second-order valence-corrected chi connectivity index (χ2v) is 7.46. The van der Waals surface area contributed by atoms with Gasteiger partial charge < -0.3 is 9.88 Å². The molecule has 3 aromatic carbocycles. The van der Waals surface area contributed by atoms with Crippen LogP contribution in [0, 0.1) is 11.3 Å². The number of anilines is 1. The molecule has 3 amide bonds. The summed E-state index contributed by atoms with van der Waals surface area (Å²) in [6.07, 6.45) is 3.65. The first-order valence-electron chi connectivity index (χ1n) is 10.1. The zero-order valence-corrected chi connectivity index (χ0v) is 17.0. The van der Waals surface area contributed by atoms with Crippen LogP contribution in [-0.4, -0.2) is 16.5 Å². The van der Waals surface area contributed by atoms with Crippen molar-refractivity contribution < 1.29 is 9.59 Å². The minimum Gasteiger partial charge on any atom is -0.342 e. The molecule has 6 nitrogen and oxygen atoms in total. The zero-order chi connectivity index (χ0) is 22.1. The van der Waals surface area contributed by atoms with Crippen LogP contribution in [-0.2, 0) is 11.3 Å². The molecule has 0 bridgehead atoms. The highest BCUT2D eigenvalue weighted by Crippen LogP contribution is 2.27. The van der Waals surface area contributed by atoms with Crippen molar-refractivity contribution in [1.29, 1.82) is 5.26 Å². The van der Waals surface area contributed by atoms with Gasteiger partial charge in [0.05, 0.1) is 17.3 Å². The Balaban J connectivity index is 1.54. The molecule has 4 aromatic rings. The van der Waals surface area contributed by atoms with E-state index in [1.54, 1.807) is 36.4 Å². The normalized spacial score (nSPS) is 14.7. The van der Waals surface area contributed by atoms with Gasteiger partial charge in [0, 0.05) is 29.2 Å². The molecule has 0 spiro atoms. The van der Waals surface area contributed by atoms with Gasteiger partial charge >= 0.3 is 6.03 Å². The summed E-state index contributed by atoms with van der Waals surface area (Å²) in [6.45, 7) is 0.518. The maximum absolute atomic E-state index is 13.0. The molecule has 0 saturated carbocycles. The first-order chi connectivity index (χ1) is 15.7. The lowest BCUT2D eigenvalue weighted by Gasteiger charge is -2.10. The Bertz CT molecular complexity index is 1430. The van der Waals surface area contributed by atoms with Gasteiger partial charge in [-0.2, -0.15) is 5.26 Å². The van der Waals surface area contributed by atoms with Crippen LogP contribution in [0.4, 0.5) is 10.5 Å². The Morgan fingerprint density at radius 1 is 0.906 bits per heavy atom. The van der Waals surface area contributed by atoms with Crippen LogP contribution in [0.3, 0.4) is 0 Å². The fourth-order valence-corrected chi connectivity index (χ4v) is 3.97. The number of nitrogens with zero attached hydrogens (tertiary/aromatic N) is 3. The number of imide groups is 1. The van der Waals surface area contributed by atoms with Crippen LogP contribution in [0.1, 0.15) is 16.7 Å². The van der Waals surface area contributed by atoms with Crippen molar-refractivity contribution in [2.24, 2.45) is 0 Å². The lowest BCUT2D eigenvalue weighted by Crippen LogP contribution is -2.30. The third-order valence-corrected chi connectivity index (χ3v) is 5.49. The summed E-state index contributed by atoms with van der Waals surface area (Å²) in [5.41, 5.74) is 4.07. The van der Waals surface area contributed by atoms with Crippen molar-refractivity contribution >= 4 is 34.6 Å². The molecule has 1 aliphatic rings. The predicted molar refractivity (Wildman–Crippen MR) is 123 cm³/mol. The predicted octanol–water partition coefficient (Wildman–Crippen LogP) is 4.66. The molecule has 0 aliphatic carbocycles. The van der Waals surface area contributed by atoms with E-state index in [-0.39, 0.29) is 5.70 Å².